The third kappa shape index (κ3) is 4.13. The maximum absolute atomic E-state index is 12.2. The lowest BCUT2D eigenvalue weighted by atomic mass is 10.1. The molecule has 23 heavy (non-hydrogen) atoms. The minimum Gasteiger partial charge on any atom is -0.289 e. The van der Waals surface area contributed by atoms with Crippen molar-refractivity contribution in [2.45, 2.75) is 4.90 Å². The molecule has 0 bridgehead atoms. The molecular formula is C17H14N2O3S. The van der Waals surface area contributed by atoms with Crippen LogP contribution in [0.25, 0.3) is 6.08 Å². The molecule has 0 amide bonds. The number of rotatable bonds is 5. The standard InChI is InChI=1S/C17H14N2O3S/c1-19-23(21,22)16-7-3-6-15(11-16)17(20)9-8-13-4-2-5-14(10-13)12-18/h2-11,19H,1H3/b9-8+. The molecule has 5 nitrogen and oxygen atoms in total. The molecule has 2 aromatic carbocycles. The smallest absolute Gasteiger partial charge is 0.240 e. The second-order valence-electron chi connectivity index (χ2n) is 4.67. The van der Waals surface area contributed by atoms with E-state index in [0.717, 1.165) is 5.56 Å². The van der Waals surface area contributed by atoms with Crippen LogP contribution in [0.2, 0.25) is 0 Å². The fourth-order valence-electron chi connectivity index (χ4n) is 1.91. The summed E-state index contributed by atoms with van der Waals surface area (Å²) in [6, 6.07) is 14.7. The van der Waals surface area contributed by atoms with Crippen molar-refractivity contribution in [2.24, 2.45) is 0 Å². The number of benzene rings is 2. The fraction of sp³-hybridized carbons (Fsp3) is 0.0588. The van der Waals surface area contributed by atoms with Crippen LogP contribution < -0.4 is 4.72 Å². The van der Waals surface area contributed by atoms with E-state index in [-0.39, 0.29) is 16.2 Å². The largest absolute Gasteiger partial charge is 0.289 e. The van der Waals surface area contributed by atoms with Crippen molar-refractivity contribution >= 4 is 21.9 Å². The molecule has 0 unspecified atom stereocenters. The molecule has 0 aliphatic heterocycles. The van der Waals surface area contributed by atoms with Crippen LogP contribution in [0.15, 0.2) is 59.5 Å². The number of nitriles is 1. The van der Waals surface area contributed by atoms with Crippen molar-refractivity contribution in [2.75, 3.05) is 7.05 Å². The zero-order valence-electron chi connectivity index (χ0n) is 12.4. The first-order valence-electron chi connectivity index (χ1n) is 6.72. The number of carbonyl (C=O) groups excluding carboxylic acids is 1. The lowest BCUT2D eigenvalue weighted by Crippen LogP contribution is -2.18. The van der Waals surface area contributed by atoms with Gasteiger partial charge in [0.1, 0.15) is 0 Å². The molecule has 0 radical (unpaired) electrons. The number of hydrogen-bond donors (Lipinski definition) is 1. The van der Waals surface area contributed by atoms with Gasteiger partial charge >= 0.3 is 0 Å². The van der Waals surface area contributed by atoms with Crippen LogP contribution in [0.3, 0.4) is 0 Å². The van der Waals surface area contributed by atoms with Crippen LogP contribution in [-0.2, 0) is 10.0 Å². The Bertz CT molecular complexity index is 909. The van der Waals surface area contributed by atoms with Gasteiger partial charge in [0, 0.05) is 5.56 Å². The SMILES string of the molecule is CNS(=O)(=O)c1cccc(C(=O)/C=C/c2cccc(C#N)c2)c1. The number of nitrogens with zero attached hydrogens (tertiary/aromatic N) is 1. The monoisotopic (exact) mass is 326 g/mol. The van der Waals surface area contributed by atoms with Gasteiger partial charge < -0.3 is 0 Å². The molecule has 0 saturated carbocycles. The molecule has 116 valence electrons. The second kappa shape index (κ2) is 7.01. The summed E-state index contributed by atoms with van der Waals surface area (Å²) in [5.41, 5.74) is 1.49. The minimum atomic E-state index is -3.59. The Morgan fingerprint density at radius 1 is 1.17 bits per heavy atom. The predicted molar refractivity (Wildman–Crippen MR) is 87.2 cm³/mol. The predicted octanol–water partition coefficient (Wildman–Crippen LogP) is 2.36. The van der Waals surface area contributed by atoms with Gasteiger partial charge in [0.15, 0.2) is 5.78 Å². The fourth-order valence-corrected chi connectivity index (χ4v) is 2.69. The molecule has 0 atom stereocenters. The van der Waals surface area contributed by atoms with Crippen LogP contribution in [0.1, 0.15) is 21.5 Å². The third-order valence-electron chi connectivity index (χ3n) is 3.14. The van der Waals surface area contributed by atoms with Crippen molar-refractivity contribution in [3.63, 3.8) is 0 Å². The maximum Gasteiger partial charge on any atom is 0.240 e. The van der Waals surface area contributed by atoms with E-state index in [1.54, 1.807) is 36.4 Å². The van der Waals surface area contributed by atoms with Gasteiger partial charge in [-0.25, -0.2) is 13.1 Å². The second-order valence-corrected chi connectivity index (χ2v) is 6.56. The molecular weight excluding hydrogens is 312 g/mol. The Kier molecular flexibility index (Phi) is 5.06. The van der Waals surface area contributed by atoms with Crippen molar-refractivity contribution in [1.29, 1.82) is 5.26 Å². The average molecular weight is 326 g/mol. The summed E-state index contributed by atoms with van der Waals surface area (Å²) in [4.78, 5) is 12.2. The van der Waals surface area contributed by atoms with E-state index in [4.69, 9.17) is 5.26 Å². The highest BCUT2D eigenvalue weighted by Crippen LogP contribution is 2.13. The number of hydrogen-bond acceptors (Lipinski definition) is 4. The third-order valence-corrected chi connectivity index (χ3v) is 4.55. The molecule has 0 spiro atoms. The topological polar surface area (TPSA) is 87.0 Å². The van der Waals surface area contributed by atoms with Crippen LogP contribution in [0, 0.1) is 11.3 Å². The van der Waals surface area contributed by atoms with Gasteiger partial charge in [-0.3, -0.25) is 4.79 Å². The van der Waals surface area contributed by atoms with Gasteiger partial charge in [-0.05, 0) is 43.0 Å². The highest BCUT2D eigenvalue weighted by Gasteiger charge is 2.13. The van der Waals surface area contributed by atoms with Crippen LogP contribution >= 0.6 is 0 Å². The first-order chi connectivity index (χ1) is 11.0. The molecule has 0 aromatic heterocycles. The quantitative estimate of drug-likeness (QED) is 0.675. The van der Waals surface area contributed by atoms with Gasteiger partial charge in [-0.15, -0.1) is 0 Å². The molecule has 0 saturated heterocycles. The van der Waals surface area contributed by atoms with Gasteiger partial charge in [0.25, 0.3) is 0 Å². The first-order valence-corrected chi connectivity index (χ1v) is 8.21. The molecule has 0 aliphatic rings. The zero-order valence-corrected chi connectivity index (χ0v) is 13.2. The number of allylic oxidation sites excluding steroid dienone is 1. The van der Waals surface area contributed by atoms with E-state index in [1.807, 2.05) is 6.07 Å². The van der Waals surface area contributed by atoms with Crippen molar-refractivity contribution in [3.8, 4) is 6.07 Å². The number of nitrogens with one attached hydrogen (secondary N) is 1. The van der Waals surface area contributed by atoms with E-state index < -0.39 is 10.0 Å². The van der Waals surface area contributed by atoms with E-state index >= 15 is 0 Å². The van der Waals surface area contributed by atoms with E-state index in [9.17, 15) is 13.2 Å². The van der Waals surface area contributed by atoms with E-state index in [1.165, 1.54) is 31.3 Å². The van der Waals surface area contributed by atoms with E-state index in [2.05, 4.69) is 4.72 Å². The summed E-state index contributed by atoms with van der Waals surface area (Å²) in [5, 5.41) is 8.84. The number of ketones is 1. The molecule has 2 rings (SSSR count). The normalized spacial score (nSPS) is 11.3. The summed E-state index contributed by atoms with van der Waals surface area (Å²) in [5.74, 6) is -0.319. The summed E-state index contributed by atoms with van der Waals surface area (Å²) < 4.78 is 25.7. The Morgan fingerprint density at radius 2 is 1.91 bits per heavy atom. The van der Waals surface area contributed by atoms with Crippen LogP contribution in [0.5, 0.6) is 0 Å². The number of carbonyl (C=O) groups is 1. The Labute approximate surface area is 134 Å². The molecule has 1 N–H and O–H groups in total. The Morgan fingerprint density at radius 3 is 2.61 bits per heavy atom. The van der Waals surface area contributed by atoms with Gasteiger partial charge in [-0.2, -0.15) is 5.26 Å². The highest BCUT2D eigenvalue weighted by molar-refractivity contribution is 7.89. The van der Waals surface area contributed by atoms with E-state index in [0.29, 0.717) is 5.56 Å². The zero-order chi connectivity index (χ0) is 16.9. The molecule has 2 aromatic rings. The van der Waals surface area contributed by atoms with Crippen LogP contribution in [-0.4, -0.2) is 21.2 Å². The molecule has 0 heterocycles. The Hall–Kier alpha value is -2.75. The Balaban J connectivity index is 2.26. The van der Waals surface area contributed by atoms with Gasteiger partial charge in [-0.1, -0.05) is 30.3 Å². The van der Waals surface area contributed by atoms with Crippen molar-refractivity contribution < 1.29 is 13.2 Å². The molecule has 6 heteroatoms. The number of sulfonamides is 1. The summed E-state index contributed by atoms with van der Waals surface area (Å²) in [6.07, 6.45) is 2.93. The highest BCUT2D eigenvalue weighted by atomic mass is 32.2. The summed E-state index contributed by atoms with van der Waals surface area (Å²) >= 11 is 0. The molecule has 0 fully saturated rings. The lowest BCUT2D eigenvalue weighted by molar-refractivity contribution is 0.104. The lowest BCUT2D eigenvalue weighted by Gasteiger charge is -2.03. The van der Waals surface area contributed by atoms with Crippen molar-refractivity contribution in [3.05, 3.63) is 71.3 Å². The first kappa shape index (κ1) is 16.6. The van der Waals surface area contributed by atoms with Crippen molar-refractivity contribution in [1.82, 2.24) is 4.72 Å². The minimum absolute atomic E-state index is 0.0331. The summed E-state index contributed by atoms with van der Waals surface area (Å²) in [7, 11) is -2.28. The molecule has 0 aliphatic carbocycles. The average Bonchev–Trinajstić information content (AvgIpc) is 2.60. The van der Waals surface area contributed by atoms with Crippen LogP contribution in [0.4, 0.5) is 0 Å². The summed E-state index contributed by atoms with van der Waals surface area (Å²) in [6.45, 7) is 0. The maximum atomic E-state index is 12.2. The van der Waals surface area contributed by atoms with Gasteiger partial charge in [0.2, 0.25) is 10.0 Å². The van der Waals surface area contributed by atoms with Gasteiger partial charge in [0.05, 0.1) is 16.5 Å².